The Labute approximate surface area is 172 Å². The third-order valence-corrected chi connectivity index (χ3v) is 5.17. The largest absolute Gasteiger partial charge is 0.497 e. The normalized spacial score (nSPS) is 11.5. The molecule has 0 radical (unpaired) electrons. The van der Waals surface area contributed by atoms with Gasteiger partial charge in [-0.3, -0.25) is 9.36 Å². The van der Waals surface area contributed by atoms with Gasteiger partial charge in [-0.25, -0.2) is 4.98 Å². The van der Waals surface area contributed by atoms with E-state index in [1.165, 1.54) is 0 Å². The molecule has 0 aliphatic carbocycles. The van der Waals surface area contributed by atoms with Gasteiger partial charge in [-0.15, -0.1) is 0 Å². The number of aromatic amines is 1. The van der Waals surface area contributed by atoms with Gasteiger partial charge < -0.3 is 9.72 Å². The molecule has 0 saturated carbocycles. The van der Waals surface area contributed by atoms with Gasteiger partial charge in [-0.05, 0) is 60.2 Å². The van der Waals surface area contributed by atoms with Crippen LogP contribution in [0.25, 0.3) is 39.6 Å². The van der Waals surface area contributed by atoms with Crippen molar-refractivity contribution >= 4 is 34.0 Å². The SMILES string of the molecule is COc1ccc(-n2c(C=Cc3c[nH]c4ccccc34)nc3ccccc3c2=O)cc1. The van der Waals surface area contributed by atoms with Crippen molar-refractivity contribution in [2.24, 2.45) is 0 Å². The number of ether oxygens (including phenoxy) is 1. The van der Waals surface area contributed by atoms with Gasteiger partial charge in [0.1, 0.15) is 11.6 Å². The highest BCUT2D eigenvalue weighted by atomic mass is 16.5. The Morgan fingerprint density at radius 3 is 2.43 bits per heavy atom. The van der Waals surface area contributed by atoms with E-state index in [1.807, 2.05) is 79.0 Å². The molecule has 0 saturated heterocycles. The summed E-state index contributed by atoms with van der Waals surface area (Å²) in [7, 11) is 1.62. The Morgan fingerprint density at radius 2 is 1.63 bits per heavy atom. The van der Waals surface area contributed by atoms with E-state index < -0.39 is 0 Å². The van der Waals surface area contributed by atoms with Gasteiger partial charge in [0.2, 0.25) is 0 Å². The molecule has 5 rings (SSSR count). The molecule has 0 aliphatic heterocycles. The summed E-state index contributed by atoms with van der Waals surface area (Å²) in [5, 5.41) is 1.70. The molecule has 3 aromatic carbocycles. The van der Waals surface area contributed by atoms with Crippen molar-refractivity contribution in [2.45, 2.75) is 0 Å². The van der Waals surface area contributed by atoms with Crippen LogP contribution in [-0.2, 0) is 0 Å². The Morgan fingerprint density at radius 1 is 0.900 bits per heavy atom. The van der Waals surface area contributed by atoms with Gasteiger partial charge in [0, 0.05) is 17.1 Å². The van der Waals surface area contributed by atoms with Crippen molar-refractivity contribution in [3.63, 3.8) is 0 Å². The van der Waals surface area contributed by atoms with Gasteiger partial charge in [0.25, 0.3) is 5.56 Å². The minimum atomic E-state index is -0.107. The Bertz CT molecular complexity index is 1440. The molecule has 0 fully saturated rings. The molecule has 0 atom stereocenters. The highest BCUT2D eigenvalue weighted by Gasteiger charge is 2.11. The van der Waals surface area contributed by atoms with Gasteiger partial charge in [-0.2, -0.15) is 0 Å². The zero-order valence-corrected chi connectivity index (χ0v) is 16.4. The highest BCUT2D eigenvalue weighted by Crippen LogP contribution is 2.21. The second kappa shape index (κ2) is 7.37. The maximum Gasteiger partial charge on any atom is 0.266 e. The molecule has 1 N–H and O–H groups in total. The molecule has 0 unspecified atom stereocenters. The number of fused-ring (bicyclic) bond motifs is 2. The van der Waals surface area contributed by atoms with E-state index in [9.17, 15) is 4.79 Å². The topological polar surface area (TPSA) is 59.9 Å². The standard InChI is InChI=1S/C25H19N3O2/c1-30-19-13-11-18(12-14-19)28-24(27-23-9-5-3-7-21(23)25(28)29)15-10-17-16-26-22-8-4-2-6-20(17)22/h2-16,26H,1H3. The van der Waals surface area contributed by atoms with Gasteiger partial charge >= 0.3 is 0 Å². The van der Waals surface area contributed by atoms with Crippen LogP contribution in [0.2, 0.25) is 0 Å². The summed E-state index contributed by atoms with van der Waals surface area (Å²) in [6, 6.07) is 22.9. The van der Waals surface area contributed by atoms with Crippen molar-refractivity contribution in [3.05, 3.63) is 101 Å². The third-order valence-electron chi connectivity index (χ3n) is 5.17. The van der Waals surface area contributed by atoms with Crippen LogP contribution < -0.4 is 10.3 Å². The van der Waals surface area contributed by atoms with Crippen LogP contribution >= 0.6 is 0 Å². The lowest BCUT2D eigenvalue weighted by Crippen LogP contribution is -2.22. The fourth-order valence-corrected chi connectivity index (χ4v) is 3.64. The number of nitrogens with one attached hydrogen (secondary N) is 1. The van der Waals surface area contributed by atoms with Crippen LogP contribution in [0, 0.1) is 0 Å². The van der Waals surface area contributed by atoms with Crippen LogP contribution in [0.1, 0.15) is 11.4 Å². The molecular formula is C25H19N3O2. The monoisotopic (exact) mass is 393 g/mol. The van der Waals surface area contributed by atoms with E-state index in [1.54, 1.807) is 17.7 Å². The van der Waals surface area contributed by atoms with E-state index in [2.05, 4.69) is 11.1 Å². The van der Waals surface area contributed by atoms with Crippen LogP contribution in [0.3, 0.4) is 0 Å². The Hall–Kier alpha value is -4.12. The van der Waals surface area contributed by atoms with Gasteiger partial charge in [0.05, 0.1) is 23.7 Å². The van der Waals surface area contributed by atoms with Crippen molar-refractivity contribution in [1.29, 1.82) is 0 Å². The predicted molar refractivity (Wildman–Crippen MR) is 121 cm³/mol. The quantitative estimate of drug-likeness (QED) is 0.465. The number of hydrogen-bond donors (Lipinski definition) is 1. The summed E-state index contributed by atoms with van der Waals surface area (Å²) in [4.78, 5) is 21.4. The fraction of sp³-hybridized carbons (Fsp3) is 0.0400. The van der Waals surface area contributed by atoms with E-state index >= 15 is 0 Å². The lowest BCUT2D eigenvalue weighted by Gasteiger charge is -2.12. The van der Waals surface area contributed by atoms with E-state index in [0.717, 1.165) is 27.9 Å². The number of nitrogens with zero attached hydrogens (tertiary/aromatic N) is 2. The first-order valence-corrected chi connectivity index (χ1v) is 9.65. The van der Waals surface area contributed by atoms with Crippen molar-refractivity contribution in [1.82, 2.24) is 14.5 Å². The number of hydrogen-bond acceptors (Lipinski definition) is 3. The molecule has 2 aromatic heterocycles. The lowest BCUT2D eigenvalue weighted by molar-refractivity contribution is 0.414. The molecule has 2 heterocycles. The van der Waals surface area contributed by atoms with Crippen LogP contribution in [0.15, 0.2) is 83.8 Å². The minimum Gasteiger partial charge on any atom is -0.497 e. The Balaban J connectivity index is 1.70. The first-order valence-electron chi connectivity index (χ1n) is 9.65. The third kappa shape index (κ3) is 3.06. The molecule has 0 aliphatic rings. The second-order valence-electron chi connectivity index (χ2n) is 6.95. The highest BCUT2D eigenvalue weighted by molar-refractivity contribution is 5.91. The Kier molecular flexibility index (Phi) is 4.41. The smallest absolute Gasteiger partial charge is 0.266 e. The summed E-state index contributed by atoms with van der Waals surface area (Å²) in [6.45, 7) is 0. The van der Waals surface area contributed by atoms with Gasteiger partial charge in [-0.1, -0.05) is 30.3 Å². The molecule has 5 heteroatoms. The fourth-order valence-electron chi connectivity index (χ4n) is 3.64. The minimum absolute atomic E-state index is 0.107. The van der Waals surface area contributed by atoms with Crippen LogP contribution in [-0.4, -0.2) is 21.6 Å². The first-order chi connectivity index (χ1) is 14.7. The van der Waals surface area contributed by atoms with Gasteiger partial charge in [0.15, 0.2) is 0 Å². The van der Waals surface area contributed by atoms with E-state index in [0.29, 0.717) is 16.7 Å². The number of H-pyrrole nitrogens is 1. The zero-order chi connectivity index (χ0) is 20.5. The van der Waals surface area contributed by atoms with E-state index in [-0.39, 0.29) is 5.56 Å². The van der Waals surface area contributed by atoms with E-state index in [4.69, 9.17) is 9.72 Å². The van der Waals surface area contributed by atoms with Crippen LogP contribution in [0.4, 0.5) is 0 Å². The van der Waals surface area contributed by atoms with Crippen LogP contribution in [0.5, 0.6) is 5.75 Å². The lowest BCUT2D eigenvalue weighted by atomic mass is 10.1. The van der Waals surface area contributed by atoms with Crippen molar-refractivity contribution < 1.29 is 4.74 Å². The molecule has 0 spiro atoms. The number of aromatic nitrogens is 3. The first kappa shape index (κ1) is 17.9. The molecule has 0 amide bonds. The molecular weight excluding hydrogens is 374 g/mol. The summed E-state index contributed by atoms with van der Waals surface area (Å²) in [5.41, 5.74) is 3.40. The average Bonchev–Trinajstić information content (AvgIpc) is 3.21. The number of methoxy groups -OCH3 is 1. The maximum absolute atomic E-state index is 13.3. The number of rotatable bonds is 4. The number of benzene rings is 3. The molecule has 0 bridgehead atoms. The summed E-state index contributed by atoms with van der Waals surface area (Å²) < 4.78 is 6.88. The van der Waals surface area contributed by atoms with Crippen molar-refractivity contribution in [3.8, 4) is 11.4 Å². The molecule has 5 aromatic rings. The molecule has 5 nitrogen and oxygen atoms in total. The summed E-state index contributed by atoms with van der Waals surface area (Å²) in [5.74, 6) is 1.30. The summed E-state index contributed by atoms with van der Waals surface area (Å²) in [6.07, 6.45) is 5.82. The molecule has 146 valence electrons. The molecule has 30 heavy (non-hydrogen) atoms. The number of para-hydroxylation sites is 2. The second-order valence-corrected chi connectivity index (χ2v) is 6.95. The average molecular weight is 393 g/mol. The zero-order valence-electron chi connectivity index (χ0n) is 16.4. The predicted octanol–water partition coefficient (Wildman–Crippen LogP) is 5.05. The summed E-state index contributed by atoms with van der Waals surface area (Å²) >= 11 is 0. The van der Waals surface area contributed by atoms with Crippen molar-refractivity contribution in [2.75, 3.05) is 7.11 Å². The maximum atomic E-state index is 13.3.